The maximum Gasteiger partial charge on any atom is 0.328 e. The third kappa shape index (κ3) is 6.75. The average molecular weight is 537 g/mol. The lowest BCUT2D eigenvalue weighted by Crippen LogP contribution is -2.43. The molecule has 0 spiro atoms. The summed E-state index contributed by atoms with van der Waals surface area (Å²) in [6, 6.07) is 11.3. The van der Waals surface area contributed by atoms with Crippen LogP contribution in [0.1, 0.15) is 45.3 Å². The van der Waals surface area contributed by atoms with E-state index in [0.717, 1.165) is 18.9 Å². The molecule has 6 nitrogen and oxygen atoms in total. The topological polar surface area (TPSA) is 83.9 Å². The summed E-state index contributed by atoms with van der Waals surface area (Å²) in [6.45, 7) is 0.597. The Balaban J connectivity index is 0.00000420. The molecule has 9 heteroatoms. The molecule has 2 aliphatic rings. The van der Waals surface area contributed by atoms with E-state index in [4.69, 9.17) is 8.85 Å². The van der Waals surface area contributed by atoms with Gasteiger partial charge in [-0.15, -0.1) is 24.2 Å². The van der Waals surface area contributed by atoms with Crippen molar-refractivity contribution in [3.63, 3.8) is 0 Å². The number of ketones is 2. The van der Waals surface area contributed by atoms with Crippen molar-refractivity contribution in [2.45, 2.75) is 30.6 Å². The van der Waals surface area contributed by atoms with Crippen molar-refractivity contribution in [2.75, 3.05) is 25.9 Å². The van der Waals surface area contributed by atoms with Crippen LogP contribution in [0, 0.1) is 11.7 Å². The summed E-state index contributed by atoms with van der Waals surface area (Å²) < 4.78 is 41.3. The smallest absolute Gasteiger partial charge is 0.328 e. The number of ether oxygens (including phenoxy) is 1. The number of carbonyl (C=O) groups is 3. The molecular formula is C27H29ClFNO5S. The van der Waals surface area contributed by atoms with Crippen molar-refractivity contribution < 1.29 is 32.7 Å². The van der Waals surface area contributed by atoms with Crippen molar-refractivity contribution >= 4 is 41.7 Å². The fourth-order valence-electron chi connectivity index (χ4n) is 4.40. The van der Waals surface area contributed by atoms with E-state index in [1.54, 1.807) is 24.3 Å². The standard InChI is InChI=1S/C27H28FNO5S.ClH/c1-34-20-6-4-5-18(13-20)23(30)16-35-24-11-12-29(15-19(24)14-25(31)32)26(27(33)17-9-10-17)21-7-2-3-8-22(21)28;/h2-8,13-14,17,24,26H,9-12,15-16H2,1H3,(H,31,32);1H/b19-14+;/i1D3;. The van der Waals surface area contributed by atoms with Gasteiger partial charge in [0.2, 0.25) is 0 Å². The first-order chi connectivity index (χ1) is 18.0. The summed E-state index contributed by atoms with van der Waals surface area (Å²) in [5.74, 6) is -1.93. The van der Waals surface area contributed by atoms with Crippen LogP contribution in [-0.4, -0.2) is 58.7 Å². The maximum atomic E-state index is 14.7. The Morgan fingerprint density at radius 3 is 2.69 bits per heavy atom. The Labute approximate surface area is 224 Å². The molecule has 2 aromatic carbocycles. The zero-order chi connectivity index (χ0) is 27.4. The zero-order valence-electron chi connectivity index (χ0n) is 22.4. The molecule has 2 fully saturated rings. The van der Waals surface area contributed by atoms with E-state index in [1.165, 1.54) is 36.0 Å². The maximum absolute atomic E-state index is 14.7. The summed E-state index contributed by atoms with van der Waals surface area (Å²) in [5.41, 5.74) is 1.13. The Hall–Kier alpha value is -2.68. The first-order valence-electron chi connectivity index (χ1n) is 12.9. The number of carboxylic acids is 1. The number of piperidine rings is 1. The molecule has 1 aliphatic heterocycles. The number of hydrogen-bond acceptors (Lipinski definition) is 6. The molecule has 2 aromatic rings. The average Bonchev–Trinajstić information content (AvgIpc) is 3.69. The highest BCUT2D eigenvalue weighted by Crippen LogP contribution is 2.40. The van der Waals surface area contributed by atoms with E-state index in [9.17, 15) is 23.9 Å². The van der Waals surface area contributed by atoms with Gasteiger partial charge in [0, 0.05) is 41.5 Å². The Kier molecular flexibility index (Phi) is 8.24. The van der Waals surface area contributed by atoms with Gasteiger partial charge in [-0.25, -0.2) is 9.18 Å². The van der Waals surface area contributed by atoms with E-state index in [-0.39, 0.29) is 58.8 Å². The highest BCUT2D eigenvalue weighted by molar-refractivity contribution is 8.00. The number of carbonyl (C=O) groups excluding carboxylic acids is 2. The Bertz CT molecular complexity index is 1250. The molecule has 1 aliphatic carbocycles. The van der Waals surface area contributed by atoms with Gasteiger partial charge < -0.3 is 9.84 Å². The monoisotopic (exact) mass is 536 g/mol. The minimum atomic E-state index is -2.64. The van der Waals surface area contributed by atoms with Crippen LogP contribution in [0.15, 0.2) is 60.2 Å². The van der Waals surface area contributed by atoms with Crippen LogP contribution in [0.4, 0.5) is 4.39 Å². The van der Waals surface area contributed by atoms with Crippen LogP contribution >= 0.6 is 24.2 Å². The van der Waals surface area contributed by atoms with Crippen molar-refractivity contribution in [3.05, 3.63) is 77.1 Å². The fourth-order valence-corrected chi connectivity index (χ4v) is 5.55. The van der Waals surface area contributed by atoms with Gasteiger partial charge in [-0.2, -0.15) is 0 Å². The molecule has 0 radical (unpaired) electrons. The van der Waals surface area contributed by atoms with Crippen molar-refractivity contribution in [2.24, 2.45) is 5.92 Å². The summed E-state index contributed by atoms with van der Waals surface area (Å²) >= 11 is 1.29. The number of thioether (sulfide) groups is 1. The normalized spacial score (nSPS) is 21.4. The van der Waals surface area contributed by atoms with Gasteiger partial charge in [0.1, 0.15) is 11.6 Å². The number of nitrogens with zero attached hydrogens (tertiary/aromatic N) is 1. The van der Waals surface area contributed by atoms with Crippen LogP contribution in [-0.2, 0) is 9.59 Å². The Morgan fingerprint density at radius 1 is 1.22 bits per heavy atom. The van der Waals surface area contributed by atoms with E-state index in [2.05, 4.69) is 0 Å². The number of likely N-dealkylation sites (tertiary alicyclic amines) is 1. The first kappa shape index (κ1) is 23.7. The van der Waals surface area contributed by atoms with E-state index < -0.39 is 24.9 Å². The lowest BCUT2D eigenvalue weighted by atomic mass is 9.93. The molecule has 4 rings (SSSR count). The quantitative estimate of drug-likeness (QED) is 0.339. The SMILES string of the molecule is Cl.[2H]C([2H])([2H])Oc1cccc(C(=O)CSC2CCN(C(C(=O)C3CC3)c3ccccc3F)C/C2=C\C(=O)O)c1. The lowest BCUT2D eigenvalue weighted by Gasteiger charge is -2.38. The second kappa shape index (κ2) is 12.5. The van der Waals surface area contributed by atoms with Gasteiger partial charge in [0.05, 0.1) is 22.9 Å². The molecule has 192 valence electrons. The predicted molar refractivity (Wildman–Crippen MR) is 140 cm³/mol. The lowest BCUT2D eigenvalue weighted by molar-refractivity contribution is -0.131. The van der Waals surface area contributed by atoms with Crippen LogP contribution in [0.2, 0.25) is 0 Å². The number of benzene rings is 2. The number of methoxy groups -OCH3 is 1. The summed E-state index contributed by atoms with van der Waals surface area (Å²) in [6.07, 6.45) is 3.13. The minimum absolute atomic E-state index is 0. The van der Waals surface area contributed by atoms with Crippen LogP contribution in [0.25, 0.3) is 0 Å². The van der Waals surface area contributed by atoms with Crippen molar-refractivity contribution in [1.82, 2.24) is 4.90 Å². The van der Waals surface area contributed by atoms with Crippen LogP contribution < -0.4 is 4.74 Å². The minimum Gasteiger partial charge on any atom is -0.497 e. The van der Waals surface area contributed by atoms with Crippen LogP contribution in [0.3, 0.4) is 0 Å². The van der Waals surface area contributed by atoms with Gasteiger partial charge >= 0.3 is 5.97 Å². The van der Waals surface area contributed by atoms with Gasteiger partial charge in [-0.1, -0.05) is 30.3 Å². The third-order valence-electron chi connectivity index (χ3n) is 6.29. The number of halogens is 2. The van der Waals surface area contributed by atoms with Gasteiger partial charge in [0.15, 0.2) is 11.6 Å². The highest BCUT2D eigenvalue weighted by Gasteiger charge is 2.41. The molecule has 0 aromatic heterocycles. The van der Waals surface area contributed by atoms with Gasteiger partial charge in [-0.3, -0.25) is 14.5 Å². The van der Waals surface area contributed by atoms with Crippen molar-refractivity contribution in [3.8, 4) is 5.75 Å². The Morgan fingerprint density at radius 2 is 2.00 bits per heavy atom. The van der Waals surface area contributed by atoms with Gasteiger partial charge in [-0.05, 0) is 43.0 Å². The second-order valence-electron chi connectivity index (χ2n) is 8.77. The largest absolute Gasteiger partial charge is 0.497 e. The van der Waals surface area contributed by atoms with E-state index in [0.29, 0.717) is 24.1 Å². The molecule has 36 heavy (non-hydrogen) atoms. The molecule has 1 heterocycles. The summed E-state index contributed by atoms with van der Waals surface area (Å²) in [5, 5.41) is 9.21. The molecule has 2 atom stereocenters. The first-order valence-corrected chi connectivity index (χ1v) is 12.5. The summed E-state index contributed by atoms with van der Waals surface area (Å²) in [7, 11) is -2.64. The molecule has 0 amide bonds. The zero-order valence-corrected chi connectivity index (χ0v) is 21.0. The number of carboxylic acid groups (broad SMARTS) is 1. The number of rotatable bonds is 10. The van der Waals surface area contributed by atoms with Crippen LogP contribution in [0.5, 0.6) is 5.75 Å². The third-order valence-corrected chi connectivity index (χ3v) is 7.66. The number of aliphatic carboxylic acids is 1. The molecule has 1 saturated heterocycles. The molecule has 2 unspecified atom stereocenters. The second-order valence-corrected chi connectivity index (χ2v) is 9.96. The van der Waals surface area contributed by atoms with E-state index in [1.807, 2.05) is 4.90 Å². The fraction of sp³-hybridized carbons (Fsp3) is 0.370. The number of Topliss-reactive ketones (excluding diaryl/α,β-unsaturated/α-hetero) is 2. The van der Waals surface area contributed by atoms with Gasteiger partial charge in [0.25, 0.3) is 0 Å². The molecular weight excluding hydrogens is 505 g/mol. The highest BCUT2D eigenvalue weighted by atomic mass is 35.5. The van der Waals surface area contributed by atoms with Crippen molar-refractivity contribution in [1.29, 1.82) is 0 Å². The molecule has 0 bridgehead atoms. The predicted octanol–water partition coefficient (Wildman–Crippen LogP) is 4.98. The molecule has 1 saturated carbocycles. The summed E-state index contributed by atoms with van der Waals surface area (Å²) in [4.78, 5) is 39.5. The molecule has 1 N–H and O–H groups in total. The number of hydrogen-bond donors (Lipinski definition) is 1. The van der Waals surface area contributed by atoms with E-state index >= 15 is 0 Å².